The Hall–Kier alpha value is -4.26. The number of benzene rings is 2. The van der Waals surface area contributed by atoms with Gasteiger partial charge in [-0.3, -0.25) is 9.59 Å². The van der Waals surface area contributed by atoms with Crippen molar-refractivity contribution in [3.05, 3.63) is 78.5 Å². The average Bonchev–Trinajstić information content (AvgIpc) is 2.79. The second kappa shape index (κ2) is 8.85. The van der Waals surface area contributed by atoms with Gasteiger partial charge in [-0.05, 0) is 54.5 Å². The number of hydrogen-bond acceptors (Lipinski definition) is 6. The van der Waals surface area contributed by atoms with Crippen LogP contribution >= 0.6 is 0 Å². The van der Waals surface area contributed by atoms with E-state index in [9.17, 15) is 9.59 Å². The monoisotopic (exact) mass is 426 g/mol. The van der Waals surface area contributed by atoms with Gasteiger partial charge in [0.25, 0.3) is 0 Å². The van der Waals surface area contributed by atoms with Crippen LogP contribution in [0.2, 0.25) is 0 Å². The first-order valence-corrected chi connectivity index (χ1v) is 10.0. The molecular weight excluding hydrogens is 404 g/mol. The predicted molar refractivity (Wildman–Crippen MR) is 126 cm³/mol. The molecule has 32 heavy (non-hydrogen) atoms. The normalized spacial score (nSPS) is 13.2. The highest BCUT2D eigenvalue weighted by Crippen LogP contribution is 2.30. The van der Waals surface area contributed by atoms with Crippen molar-refractivity contribution in [1.29, 1.82) is 0 Å². The number of carbonyl (C=O) groups excluding carboxylic acids is 2. The van der Waals surface area contributed by atoms with E-state index in [0.29, 0.717) is 29.5 Å². The number of fused-ring (bicyclic) bond motifs is 1. The summed E-state index contributed by atoms with van der Waals surface area (Å²) in [6.45, 7) is 5.40. The van der Waals surface area contributed by atoms with Gasteiger partial charge in [-0.15, -0.1) is 0 Å². The van der Waals surface area contributed by atoms with E-state index in [1.54, 1.807) is 24.4 Å². The van der Waals surface area contributed by atoms with E-state index in [0.717, 1.165) is 27.6 Å². The molecule has 3 aromatic rings. The van der Waals surface area contributed by atoms with Crippen molar-refractivity contribution < 1.29 is 14.3 Å². The van der Waals surface area contributed by atoms with Crippen LogP contribution in [0.15, 0.2) is 73.0 Å². The molecule has 0 saturated heterocycles. The van der Waals surface area contributed by atoms with E-state index < -0.39 is 0 Å². The lowest BCUT2D eigenvalue weighted by Gasteiger charge is -2.14. The second-order valence-electron chi connectivity index (χ2n) is 7.29. The third-order valence-corrected chi connectivity index (χ3v) is 5.11. The van der Waals surface area contributed by atoms with Crippen LogP contribution in [-0.2, 0) is 9.59 Å². The van der Waals surface area contributed by atoms with E-state index >= 15 is 0 Å². The number of aromatic nitrogens is 2. The van der Waals surface area contributed by atoms with Crippen molar-refractivity contribution in [2.45, 2.75) is 13.3 Å². The van der Waals surface area contributed by atoms with Crippen molar-refractivity contribution in [3.8, 4) is 5.75 Å². The molecule has 160 valence electrons. The maximum atomic E-state index is 12.4. The summed E-state index contributed by atoms with van der Waals surface area (Å²) in [6, 6.07) is 11.0. The van der Waals surface area contributed by atoms with E-state index in [-0.39, 0.29) is 11.7 Å². The van der Waals surface area contributed by atoms with Crippen molar-refractivity contribution in [2.24, 2.45) is 0 Å². The first kappa shape index (κ1) is 21.0. The van der Waals surface area contributed by atoms with Gasteiger partial charge in [0.2, 0.25) is 11.9 Å². The van der Waals surface area contributed by atoms with Crippen LogP contribution in [0.3, 0.4) is 0 Å². The number of allylic oxidation sites excluding steroid dienone is 4. The van der Waals surface area contributed by atoms with Crippen LogP contribution in [0.1, 0.15) is 18.9 Å². The van der Waals surface area contributed by atoms with E-state index in [1.165, 1.54) is 13.2 Å². The van der Waals surface area contributed by atoms with Gasteiger partial charge in [0, 0.05) is 29.3 Å². The standard InChI is InChI=1S/C25H22N4O3/c1-4-23(31)28-20-13-18(9-11-22(20)32-3)27-25-26-14-17-12-16(8-10-19(17)29-25)24-15(2)6-5-7-21(24)30/h4-6,8-14H,1,7H2,2-3H3,(H,28,31)(H,26,27,29). The molecule has 0 unspecified atom stereocenters. The summed E-state index contributed by atoms with van der Waals surface area (Å²) in [6.07, 6.45) is 7.19. The van der Waals surface area contributed by atoms with Crippen molar-refractivity contribution in [2.75, 3.05) is 17.7 Å². The van der Waals surface area contributed by atoms with E-state index in [4.69, 9.17) is 4.74 Å². The fourth-order valence-corrected chi connectivity index (χ4v) is 3.58. The molecule has 1 aromatic heterocycles. The number of nitrogens with zero attached hydrogens (tertiary/aromatic N) is 2. The summed E-state index contributed by atoms with van der Waals surface area (Å²) in [4.78, 5) is 33.0. The summed E-state index contributed by atoms with van der Waals surface area (Å²) in [7, 11) is 1.53. The predicted octanol–water partition coefficient (Wildman–Crippen LogP) is 4.81. The molecule has 0 fully saturated rings. The first-order chi connectivity index (χ1) is 15.5. The Morgan fingerprint density at radius 2 is 2.06 bits per heavy atom. The molecule has 4 rings (SSSR count). The van der Waals surface area contributed by atoms with Crippen molar-refractivity contribution in [3.63, 3.8) is 0 Å². The Balaban J connectivity index is 1.62. The fourth-order valence-electron chi connectivity index (χ4n) is 3.58. The smallest absolute Gasteiger partial charge is 0.247 e. The molecule has 1 amide bonds. The molecule has 0 aliphatic heterocycles. The zero-order valence-corrected chi connectivity index (χ0v) is 17.8. The number of ketones is 1. The molecule has 0 atom stereocenters. The number of rotatable bonds is 6. The second-order valence-corrected chi connectivity index (χ2v) is 7.29. The Labute approximate surface area is 185 Å². The third kappa shape index (κ3) is 4.27. The van der Waals surface area contributed by atoms with Crippen LogP contribution in [0, 0.1) is 0 Å². The zero-order valence-electron chi connectivity index (χ0n) is 17.8. The number of anilines is 3. The molecular formula is C25H22N4O3. The lowest BCUT2D eigenvalue weighted by molar-refractivity contribution is -0.113. The number of methoxy groups -OCH3 is 1. The third-order valence-electron chi connectivity index (χ3n) is 5.11. The fraction of sp³-hybridized carbons (Fsp3) is 0.120. The van der Waals surface area contributed by atoms with Gasteiger partial charge < -0.3 is 15.4 Å². The number of Topliss-reactive ketones (excluding diaryl/α,β-unsaturated/α-hetero) is 1. The number of hydrogen-bond donors (Lipinski definition) is 2. The minimum absolute atomic E-state index is 0.113. The molecule has 0 radical (unpaired) electrons. The van der Waals surface area contributed by atoms with Crippen molar-refractivity contribution in [1.82, 2.24) is 9.97 Å². The maximum Gasteiger partial charge on any atom is 0.247 e. The summed E-state index contributed by atoms with van der Waals surface area (Å²) >= 11 is 0. The minimum atomic E-state index is -0.338. The Bertz CT molecular complexity index is 1310. The Morgan fingerprint density at radius 1 is 1.22 bits per heavy atom. The van der Waals surface area contributed by atoms with Crippen LogP contribution < -0.4 is 15.4 Å². The Morgan fingerprint density at radius 3 is 2.81 bits per heavy atom. The highest BCUT2D eigenvalue weighted by atomic mass is 16.5. The SMILES string of the molecule is C=CC(=O)Nc1cc(Nc2ncc3cc(C4=C(C)C=CCC4=O)ccc3n2)ccc1OC. The zero-order chi connectivity index (χ0) is 22.7. The minimum Gasteiger partial charge on any atom is -0.495 e. The summed E-state index contributed by atoms with van der Waals surface area (Å²) in [5.74, 6) is 0.704. The summed E-state index contributed by atoms with van der Waals surface area (Å²) in [5.41, 5.74) is 4.50. The lowest BCUT2D eigenvalue weighted by Crippen LogP contribution is -2.09. The van der Waals surface area contributed by atoms with Crippen LogP contribution in [0.5, 0.6) is 5.75 Å². The van der Waals surface area contributed by atoms with Gasteiger partial charge in [-0.2, -0.15) is 0 Å². The quantitative estimate of drug-likeness (QED) is 0.550. The lowest BCUT2D eigenvalue weighted by atomic mass is 9.91. The van der Waals surface area contributed by atoms with Gasteiger partial charge >= 0.3 is 0 Å². The molecule has 0 saturated carbocycles. The number of ether oxygens (including phenoxy) is 1. The Kier molecular flexibility index (Phi) is 5.81. The van der Waals surface area contributed by atoms with Crippen molar-refractivity contribution >= 4 is 45.5 Å². The molecule has 2 aromatic carbocycles. The van der Waals surface area contributed by atoms with Gasteiger partial charge in [0.05, 0.1) is 18.3 Å². The molecule has 2 N–H and O–H groups in total. The number of carbonyl (C=O) groups is 2. The van der Waals surface area contributed by atoms with Gasteiger partial charge in [0.15, 0.2) is 5.78 Å². The first-order valence-electron chi connectivity index (χ1n) is 10.0. The van der Waals surface area contributed by atoms with E-state index in [1.807, 2.05) is 37.3 Å². The number of amides is 1. The molecule has 7 heteroatoms. The van der Waals surface area contributed by atoms with Crippen LogP contribution in [-0.4, -0.2) is 28.8 Å². The molecule has 0 bridgehead atoms. The topological polar surface area (TPSA) is 93.2 Å². The number of nitrogens with one attached hydrogen (secondary N) is 2. The van der Waals surface area contributed by atoms with Gasteiger partial charge in [-0.25, -0.2) is 9.97 Å². The van der Waals surface area contributed by atoms with Gasteiger partial charge in [-0.1, -0.05) is 24.8 Å². The molecule has 1 heterocycles. The largest absolute Gasteiger partial charge is 0.495 e. The van der Waals surface area contributed by atoms with Crippen LogP contribution in [0.25, 0.3) is 16.5 Å². The average molecular weight is 426 g/mol. The molecule has 1 aliphatic rings. The maximum absolute atomic E-state index is 12.4. The highest BCUT2D eigenvalue weighted by molar-refractivity contribution is 6.23. The molecule has 0 spiro atoms. The van der Waals surface area contributed by atoms with Gasteiger partial charge in [0.1, 0.15) is 5.75 Å². The summed E-state index contributed by atoms with van der Waals surface area (Å²) in [5, 5.41) is 6.69. The molecule has 1 aliphatic carbocycles. The highest BCUT2D eigenvalue weighted by Gasteiger charge is 2.17. The van der Waals surface area contributed by atoms with E-state index in [2.05, 4.69) is 27.2 Å². The molecule has 7 nitrogen and oxygen atoms in total. The summed E-state index contributed by atoms with van der Waals surface area (Å²) < 4.78 is 5.29. The van der Waals surface area contributed by atoms with Crippen LogP contribution in [0.4, 0.5) is 17.3 Å².